The van der Waals surface area contributed by atoms with Gasteiger partial charge >= 0.3 is 6.61 Å². The van der Waals surface area contributed by atoms with Crippen molar-refractivity contribution in [2.45, 2.75) is 32.8 Å². The zero-order chi connectivity index (χ0) is 26.2. The highest BCUT2D eigenvalue weighted by molar-refractivity contribution is 5.93. The van der Waals surface area contributed by atoms with Crippen LogP contribution in [0.1, 0.15) is 36.6 Å². The summed E-state index contributed by atoms with van der Waals surface area (Å²) in [4.78, 5) is 26.0. The van der Waals surface area contributed by atoms with Crippen molar-refractivity contribution in [1.82, 2.24) is 14.8 Å². The van der Waals surface area contributed by atoms with Crippen LogP contribution in [0.3, 0.4) is 0 Å². The van der Waals surface area contributed by atoms with Crippen LogP contribution in [0.15, 0.2) is 30.5 Å². The summed E-state index contributed by atoms with van der Waals surface area (Å²) in [5.41, 5.74) is 5.59. The molecule has 4 aliphatic rings. The highest BCUT2D eigenvalue weighted by Crippen LogP contribution is 2.41. The molecule has 6 rings (SSSR count). The predicted molar refractivity (Wildman–Crippen MR) is 145 cm³/mol. The lowest BCUT2D eigenvalue weighted by atomic mass is 10.0. The van der Waals surface area contributed by atoms with Gasteiger partial charge in [0.2, 0.25) is 5.91 Å². The number of amides is 1. The van der Waals surface area contributed by atoms with Crippen LogP contribution in [0.4, 0.5) is 20.2 Å². The molecule has 2 saturated heterocycles. The number of pyridine rings is 1. The van der Waals surface area contributed by atoms with Gasteiger partial charge in [-0.25, -0.2) is 0 Å². The van der Waals surface area contributed by atoms with Gasteiger partial charge in [-0.05, 0) is 49.2 Å². The van der Waals surface area contributed by atoms with Crippen LogP contribution in [0.5, 0.6) is 5.75 Å². The first kappa shape index (κ1) is 25.1. The van der Waals surface area contributed by atoms with Gasteiger partial charge in [0.25, 0.3) is 0 Å². The molecule has 1 saturated carbocycles. The van der Waals surface area contributed by atoms with Gasteiger partial charge < -0.3 is 24.3 Å². The van der Waals surface area contributed by atoms with Crippen LogP contribution in [0.25, 0.3) is 11.6 Å². The van der Waals surface area contributed by atoms with E-state index in [0.717, 1.165) is 99.9 Å². The average Bonchev–Trinajstić information content (AvgIpc) is 3.70. The first-order chi connectivity index (χ1) is 18.5. The molecule has 2 aliphatic carbocycles. The highest BCUT2D eigenvalue weighted by Gasteiger charge is 2.35. The fraction of sp³-hybridized carbons (Fsp3) is 0.517. The number of aromatic nitrogens is 1. The molecule has 0 spiro atoms. The Balaban J connectivity index is 1.23. The van der Waals surface area contributed by atoms with Crippen LogP contribution in [0.2, 0.25) is 0 Å². The van der Waals surface area contributed by atoms with E-state index in [2.05, 4.69) is 32.7 Å². The van der Waals surface area contributed by atoms with Crippen molar-refractivity contribution in [2.24, 2.45) is 5.92 Å². The molecule has 38 heavy (non-hydrogen) atoms. The summed E-state index contributed by atoms with van der Waals surface area (Å²) in [5.74, 6) is 0.756. The summed E-state index contributed by atoms with van der Waals surface area (Å²) in [6.07, 6.45) is 6.52. The van der Waals surface area contributed by atoms with Crippen molar-refractivity contribution in [3.63, 3.8) is 0 Å². The Hall–Kier alpha value is -3.20. The largest absolute Gasteiger partial charge is 0.434 e. The molecule has 7 nitrogen and oxygen atoms in total. The Morgan fingerprint density at radius 2 is 1.76 bits per heavy atom. The van der Waals surface area contributed by atoms with E-state index in [0.29, 0.717) is 17.9 Å². The molecule has 2 aliphatic heterocycles. The number of alkyl halides is 2. The normalized spacial score (nSPS) is 20.1. The minimum Gasteiger partial charge on any atom is -0.434 e. The summed E-state index contributed by atoms with van der Waals surface area (Å²) < 4.78 is 32.0. The number of ether oxygens (including phenoxy) is 1. The maximum Gasteiger partial charge on any atom is 0.387 e. The van der Waals surface area contributed by atoms with Gasteiger partial charge in [-0.2, -0.15) is 8.78 Å². The molecule has 202 valence electrons. The molecule has 3 heterocycles. The molecule has 2 aromatic rings. The number of likely N-dealkylation sites (N-methyl/N-ethyl adjacent to an activating group) is 1. The van der Waals surface area contributed by atoms with E-state index < -0.39 is 6.61 Å². The number of benzene rings is 1. The standard InChI is InChI=1S/C29H35F2N5O2/c1-2-33-9-11-34(12-10-33)22-5-6-23(27(19-22)38-29(30)31)21-17-24-25(18-21)32-8-7-26(24)35-13-15-36(16-14-35)28(37)20-3-4-20/h5-8,17,19-20,29H,2-4,9-16,18H2,1H3. The van der Waals surface area contributed by atoms with Crippen molar-refractivity contribution in [3.05, 3.63) is 47.3 Å². The molecule has 1 amide bonds. The summed E-state index contributed by atoms with van der Waals surface area (Å²) >= 11 is 0. The molecule has 9 heteroatoms. The third-order valence-corrected chi connectivity index (χ3v) is 8.30. The maximum atomic E-state index is 13.5. The highest BCUT2D eigenvalue weighted by atomic mass is 19.3. The van der Waals surface area contributed by atoms with Crippen molar-refractivity contribution < 1.29 is 18.3 Å². The van der Waals surface area contributed by atoms with Gasteiger partial charge in [0.1, 0.15) is 5.75 Å². The number of piperazine rings is 2. The number of anilines is 2. The number of carbonyl (C=O) groups is 1. The van der Waals surface area contributed by atoms with Crippen molar-refractivity contribution in [1.29, 1.82) is 0 Å². The van der Waals surface area contributed by atoms with Gasteiger partial charge in [-0.15, -0.1) is 0 Å². The minimum atomic E-state index is -2.89. The Labute approximate surface area is 222 Å². The first-order valence-electron chi connectivity index (χ1n) is 13.8. The second-order valence-electron chi connectivity index (χ2n) is 10.6. The Morgan fingerprint density at radius 3 is 2.45 bits per heavy atom. The number of halogens is 2. The molecule has 1 aromatic heterocycles. The van der Waals surface area contributed by atoms with Crippen LogP contribution in [0, 0.1) is 5.92 Å². The van der Waals surface area contributed by atoms with E-state index >= 15 is 0 Å². The SMILES string of the molecule is CCN1CCN(c2ccc(C3=Cc4c(N5CCN(C(=O)C6CC6)CC5)ccnc4C3)c(OC(F)F)c2)CC1. The summed E-state index contributed by atoms with van der Waals surface area (Å²) in [6.45, 7) is 6.93. The Kier molecular flexibility index (Phi) is 6.95. The van der Waals surface area contributed by atoms with Crippen LogP contribution in [-0.4, -0.2) is 86.2 Å². The Bertz CT molecular complexity index is 1220. The topological polar surface area (TPSA) is 52.2 Å². The fourth-order valence-corrected chi connectivity index (χ4v) is 5.90. The summed E-state index contributed by atoms with van der Waals surface area (Å²) in [7, 11) is 0. The molecular formula is C29H35F2N5O2. The summed E-state index contributed by atoms with van der Waals surface area (Å²) in [6, 6.07) is 7.71. The number of hydrogen-bond acceptors (Lipinski definition) is 6. The number of hydrogen-bond donors (Lipinski definition) is 0. The lowest BCUT2D eigenvalue weighted by Crippen LogP contribution is -2.49. The van der Waals surface area contributed by atoms with E-state index in [9.17, 15) is 13.6 Å². The van der Waals surface area contributed by atoms with Crippen molar-refractivity contribution >= 4 is 28.9 Å². The van der Waals surface area contributed by atoms with E-state index in [4.69, 9.17) is 4.74 Å². The lowest BCUT2D eigenvalue weighted by molar-refractivity contribution is -0.132. The third kappa shape index (κ3) is 5.08. The average molecular weight is 524 g/mol. The molecule has 0 unspecified atom stereocenters. The number of fused-ring (bicyclic) bond motifs is 1. The van der Waals surface area contributed by atoms with Crippen molar-refractivity contribution in [3.8, 4) is 5.75 Å². The molecule has 3 fully saturated rings. The first-order valence-corrected chi connectivity index (χ1v) is 13.8. The zero-order valence-electron chi connectivity index (χ0n) is 21.9. The smallest absolute Gasteiger partial charge is 0.387 e. The van der Waals surface area contributed by atoms with Crippen molar-refractivity contribution in [2.75, 3.05) is 68.7 Å². The molecule has 0 N–H and O–H groups in total. The monoisotopic (exact) mass is 523 g/mol. The Morgan fingerprint density at radius 1 is 1.03 bits per heavy atom. The minimum absolute atomic E-state index is 0.211. The number of nitrogens with zero attached hydrogens (tertiary/aromatic N) is 5. The second-order valence-corrected chi connectivity index (χ2v) is 10.6. The lowest BCUT2D eigenvalue weighted by Gasteiger charge is -2.37. The number of rotatable bonds is 7. The predicted octanol–water partition coefficient (Wildman–Crippen LogP) is 3.98. The molecule has 0 atom stereocenters. The van der Waals surface area contributed by atoms with E-state index in [1.54, 1.807) is 6.07 Å². The quantitative estimate of drug-likeness (QED) is 0.547. The van der Waals surface area contributed by atoms with E-state index in [-0.39, 0.29) is 11.7 Å². The second kappa shape index (κ2) is 10.5. The molecule has 1 aromatic carbocycles. The van der Waals surface area contributed by atoms with Gasteiger partial charge in [0, 0.05) is 99.5 Å². The van der Waals surface area contributed by atoms with Gasteiger partial charge in [-0.1, -0.05) is 6.92 Å². The van der Waals surface area contributed by atoms with E-state index in [1.165, 1.54) is 0 Å². The number of allylic oxidation sites excluding steroid dienone is 1. The van der Waals surface area contributed by atoms with Gasteiger partial charge in [0.05, 0.1) is 5.69 Å². The number of carbonyl (C=O) groups excluding carboxylic acids is 1. The fourth-order valence-electron chi connectivity index (χ4n) is 5.90. The maximum absolute atomic E-state index is 13.5. The van der Waals surface area contributed by atoms with Gasteiger partial charge in [0.15, 0.2) is 0 Å². The molecule has 0 bridgehead atoms. The summed E-state index contributed by atoms with van der Waals surface area (Å²) in [5, 5.41) is 0. The van der Waals surface area contributed by atoms with Crippen LogP contribution >= 0.6 is 0 Å². The van der Waals surface area contributed by atoms with Gasteiger partial charge in [-0.3, -0.25) is 9.78 Å². The zero-order valence-corrected chi connectivity index (χ0v) is 21.9. The third-order valence-electron chi connectivity index (χ3n) is 8.30. The van der Waals surface area contributed by atoms with Crippen LogP contribution < -0.4 is 14.5 Å². The molecule has 0 radical (unpaired) electrons. The molecular weight excluding hydrogens is 488 g/mol. The van der Waals surface area contributed by atoms with Crippen LogP contribution in [-0.2, 0) is 11.2 Å². The van der Waals surface area contributed by atoms with E-state index in [1.807, 2.05) is 29.3 Å².